The summed E-state index contributed by atoms with van der Waals surface area (Å²) >= 11 is 0. The Kier molecular flexibility index (Phi) is 3.41. The maximum absolute atomic E-state index is 12.0. The number of carbonyl (C=O) groups excluding carboxylic acids is 1. The summed E-state index contributed by atoms with van der Waals surface area (Å²) in [5, 5.41) is 15.5. The largest absolute Gasteiger partial charge is 0.480 e. The summed E-state index contributed by atoms with van der Waals surface area (Å²) in [7, 11) is 0. The summed E-state index contributed by atoms with van der Waals surface area (Å²) in [6, 6.07) is 1.05. The first-order valence-corrected chi connectivity index (χ1v) is 5.69. The van der Waals surface area contributed by atoms with Gasteiger partial charge in [-0.2, -0.15) is 5.10 Å². The normalized spacial score (nSPS) is 20.2. The van der Waals surface area contributed by atoms with Crippen molar-refractivity contribution in [2.24, 2.45) is 0 Å². The number of rotatable bonds is 3. The first-order chi connectivity index (χ1) is 8.18. The number of hydrogen-bond donors (Lipinski definition) is 2. The van der Waals surface area contributed by atoms with Crippen molar-refractivity contribution < 1.29 is 14.7 Å². The van der Waals surface area contributed by atoms with Crippen LogP contribution in [-0.2, 0) is 16.0 Å². The van der Waals surface area contributed by atoms with Crippen molar-refractivity contribution >= 4 is 11.9 Å². The van der Waals surface area contributed by atoms with E-state index >= 15 is 0 Å². The fourth-order valence-electron chi connectivity index (χ4n) is 2.13. The Morgan fingerprint density at radius 3 is 3.00 bits per heavy atom. The third-order valence-corrected chi connectivity index (χ3v) is 3.01. The molecule has 0 spiro atoms. The van der Waals surface area contributed by atoms with Crippen molar-refractivity contribution in [2.45, 2.75) is 31.7 Å². The average molecular weight is 237 g/mol. The molecule has 0 aromatic carbocycles. The summed E-state index contributed by atoms with van der Waals surface area (Å²) in [6.07, 6.45) is 4.05. The highest BCUT2D eigenvalue weighted by molar-refractivity contribution is 5.84. The van der Waals surface area contributed by atoms with E-state index in [4.69, 9.17) is 5.11 Å². The number of nitrogens with zero attached hydrogens (tertiary/aromatic N) is 2. The molecule has 0 bridgehead atoms. The van der Waals surface area contributed by atoms with Crippen LogP contribution in [0, 0.1) is 0 Å². The predicted octanol–water partition coefficient (Wildman–Crippen LogP) is 0.418. The second-order valence-electron chi connectivity index (χ2n) is 4.20. The van der Waals surface area contributed by atoms with Gasteiger partial charge in [-0.25, -0.2) is 4.79 Å². The summed E-state index contributed by atoms with van der Waals surface area (Å²) in [6.45, 7) is 0.532. The third-order valence-electron chi connectivity index (χ3n) is 3.01. The van der Waals surface area contributed by atoms with Crippen molar-refractivity contribution in [1.29, 1.82) is 0 Å². The molecule has 1 aliphatic heterocycles. The standard InChI is InChI=1S/C11H15N3O3/c15-10(7-8-4-5-12-13-8)14-6-2-1-3-9(14)11(16)17/h4-5,9H,1-3,6-7H2,(H,12,13)(H,16,17). The molecule has 2 N–H and O–H groups in total. The van der Waals surface area contributed by atoms with E-state index in [2.05, 4.69) is 10.2 Å². The van der Waals surface area contributed by atoms with Crippen LogP contribution in [0.5, 0.6) is 0 Å². The molecule has 1 aliphatic rings. The number of carboxylic acids is 1. The van der Waals surface area contributed by atoms with Crippen LogP contribution >= 0.6 is 0 Å². The Labute approximate surface area is 98.6 Å². The minimum Gasteiger partial charge on any atom is -0.480 e. The van der Waals surface area contributed by atoms with E-state index in [1.807, 2.05) is 0 Å². The van der Waals surface area contributed by atoms with Crippen LogP contribution in [-0.4, -0.2) is 44.7 Å². The maximum Gasteiger partial charge on any atom is 0.326 e. The van der Waals surface area contributed by atoms with E-state index in [1.54, 1.807) is 12.3 Å². The molecule has 0 radical (unpaired) electrons. The number of carboxylic acid groups (broad SMARTS) is 1. The molecule has 6 heteroatoms. The number of hydrogen-bond acceptors (Lipinski definition) is 3. The summed E-state index contributed by atoms with van der Waals surface area (Å²) in [5.74, 6) is -1.07. The number of aromatic nitrogens is 2. The summed E-state index contributed by atoms with van der Waals surface area (Å²) < 4.78 is 0. The lowest BCUT2D eigenvalue weighted by atomic mass is 10.0. The summed E-state index contributed by atoms with van der Waals surface area (Å²) in [4.78, 5) is 24.5. The highest BCUT2D eigenvalue weighted by atomic mass is 16.4. The number of amides is 1. The van der Waals surface area contributed by atoms with Crippen LogP contribution in [0.3, 0.4) is 0 Å². The van der Waals surface area contributed by atoms with E-state index in [9.17, 15) is 9.59 Å². The van der Waals surface area contributed by atoms with Gasteiger partial charge in [0.2, 0.25) is 5.91 Å². The fourth-order valence-corrected chi connectivity index (χ4v) is 2.13. The van der Waals surface area contributed by atoms with Crippen LogP contribution in [0.15, 0.2) is 12.3 Å². The molecular formula is C11H15N3O3. The molecule has 1 fully saturated rings. The van der Waals surface area contributed by atoms with Crippen molar-refractivity contribution in [1.82, 2.24) is 15.1 Å². The summed E-state index contributed by atoms with van der Waals surface area (Å²) in [5.41, 5.74) is 0.713. The van der Waals surface area contributed by atoms with E-state index in [-0.39, 0.29) is 12.3 Å². The number of nitrogens with one attached hydrogen (secondary N) is 1. The van der Waals surface area contributed by atoms with E-state index in [1.165, 1.54) is 4.90 Å². The molecule has 2 rings (SSSR count). The Balaban J connectivity index is 2.03. The lowest BCUT2D eigenvalue weighted by molar-refractivity contribution is -0.151. The number of aliphatic carboxylic acids is 1. The van der Waals surface area contributed by atoms with Crippen molar-refractivity contribution in [3.63, 3.8) is 0 Å². The Morgan fingerprint density at radius 1 is 1.53 bits per heavy atom. The number of H-pyrrole nitrogens is 1. The predicted molar refractivity (Wildman–Crippen MR) is 59.3 cm³/mol. The zero-order chi connectivity index (χ0) is 12.3. The van der Waals surface area contributed by atoms with Gasteiger partial charge in [-0.3, -0.25) is 9.89 Å². The molecule has 0 aliphatic carbocycles. The molecule has 1 unspecified atom stereocenters. The van der Waals surface area contributed by atoms with Gasteiger partial charge in [-0.15, -0.1) is 0 Å². The van der Waals surface area contributed by atoms with Crippen molar-refractivity contribution in [2.75, 3.05) is 6.54 Å². The SMILES string of the molecule is O=C(O)C1CCCCN1C(=O)Cc1ccn[nH]1. The highest BCUT2D eigenvalue weighted by Gasteiger charge is 2.31. The topological polar surface area (TPSA) is 86.3 Å². The van der Waals surface area contributed by atoms with Gasteiger partial charge >= 0.3 is 5.97 Å². The van der Waals surface area contributed by atoms with Gasteiger partial charge in [0, 0.05) is 18.4 Å². The third kappa shape index (κ3) is 2.64. The second-order valence-corrected chi connectivity index (χ2v) is 4.20. The van der Waals surface area contributed by atoms with Crippen LogP contribution in [0.25, 0.3) is 0 Å². The van der Waals surface area contributed by atoms with E-state index in [0.29, 0.717) is 18.7 Å². The van der Waals surface area contributed by atoms with Gasteiger partial charge in [-0.05, 0) is 25.3 Å². The van der Waals surface area contributed by atoms with E-state index in [0.717, 1.165) is 12.8 Å². The molecule has 0 saturated carbocycles. The van der Waals surface area contributed by atoms with Gasteiger partial charge < -0.3 is 10.0 Å². The average Bonchev–Trinajstić information content (AvgIpc) is 2.81. The number of aromatic amines is 1. The zero-order valence-electron chi connectivity index (χ0n) is 9.43. The molecule has 1 aromatic rings. The van der Waals surface area contributed by atoms with E-state index < -0.39 is 12.0 Å². The molecule has 1 amide bonds. The Morgan fingerprint density at radius 2 is 2.35 bits per heavy atom. The minimum atomic E-state index is -0.914. The molecule has 1 saturated heterocycles. The smallest absolute Gasteiger partial charge is 0.326 e. The maximum atomic E-state index is 12.0. The highest BCUT2D eigenvalue weighted by Crippen LogP contribution is 2.18. The fraction of sp³-hybridized carbons (Fsp3) is 0.545. The molecule has 2 heterocycles. The molecule has 17 heavy (non-hydrogen) atoms. The van der Waals surface area contributed by atoms with Gasteiger partial charge in [0.25, 0.3) is 0 Å². The minimum absolute atomic E-state index is 0.152. The molecule has 1 atom stereocenters. The van der Waals surface area contributed by atoms with Crippen molar-refractivity contribution in [3.05, 3.63) is 18.0 Å². The molecule has 6 nitrogen and oxygen atoms in total. The lowest BCUT2D eigenvalue weighted by Gasteiger charge is -2.32. The lowest BCUT2D eigenvalue weighted by Crippen LogP contribution is -2.48. The number of piperidine rings is 1. The van der Waals surface area contributed by atoms with Crippen LogP contribution in [0.2, 0.25) is 0 Å². The van der Waals surface area contributed by atoms with Crippen LogP contribution in [0.4, 0.5) is 0 Å². The first-order valence-electron chi connectivity index (χ1n) is 5.69. The monoisotopic (exact) mass is 237 g/mol. The first kappa shape index (κ1) is 11.6. The van der Waals surface area contributed by atoms with Crippen molar-refractivity contribution in [3.8, 4) is 0 Å². The van der Waals surface area contributed by atoms with Gasteiger partial charge in [0.05, 0.1) is 6.42 Å². The molecular weight excluding hydrogens is 222 g/mol. The Hall–Kier alpha value is -1.85. The van der Waals surface area contributed by atoms with Gasteiger partial charge in [0.1, 0.15) is 6.04 Å². The van der Waals surface area contributed by atoms with Gasteiger partial charge in [0.15, 0.2) is 0 Å². The second kappa shape index (κ2) is 4.99. The Bertz CT molecular complexity index is 402. The zero-order valence-corrected chi connectivity index (χ0v) is 9.43. The molecule has 92 valence electrons. The number of carbonyl (C=O) groups is 2. The van der Waals surface area contributed by atoms with Gasteiger partial charge in [-0.1, -0.05) is 0 Å². The number of likely N-dealkylation sites (tertiary alicyclic amines) is 1. The van der Waals surface area contributed by atoms with Crippen LogP contribution in [0.1, 0.15) is 25.0 Å². The quantitative estimate of drug-likeness (QED) is 0.797. The van der Waals surface area contributed by atoms with Crippen LogP contribution < -0.4 is 0 Å². The molecule has 1 aromatic heterocycles.